The predicted octanol–water partition coefficient (Wildman–Crippen LogP) is 1.01. The Morgan fingerprint density at radius 2 is 1.89 bits per heavy atom. The number of rotatable bonds is 4. The van der Waals surface area contributed by atoms with Gasteiger partial charge in [-0.1, -0.05) is 11.6 Å². The fourth-order valence-electron chi connectivity index (χ4n) is 1.06. The summed E-state index contributed by atoms with van der Waals surface area (Å²) in [6, 6.07) is 1.28. The SMILES string of the molecule is CN(C)S(=O)(=O)NC(O)c1cc(Cl)c(F)cc1F. The second-order valence-corrected chi connectivity index (χ2v) is 5.92. The van der Waals surface area contributed by atoms with Crippen LogP contribution in [0.25, 0.3) is 0 Å². The third-order valence-corrected chi connectivity index (χ3v) is 3.85. The molecule has 9 heteroatoms. The van der Waals surface area contributed by atoms with Gasteiger partial charge in [-0.2, -0.15) is 17.4 Å². The Bertz CT molecular complexity index is 551. The van der Waals surface area contributed by atoms with Crippen molar-refractivity contribution in [1.29, 1.82) is 0 Å². The average Bonchev–Trinajstić information content (AvgIpc) is 2.22. The average molecular weight is 301 g/mol. The third kappa shape index (κ3) is 3.36. The van der Waals surface area contributed by atoms with Gasteiger partial charge in [0, 0.05) is 25.7 Å². The summed E-state index contributed by atoms with van der Waals surface area (Å²) < 4.78 is 51.6. The zero-order valence-corrected chi connectivity index (χ0v) is 11.1. The maximum atomic E-state index is 13.4. The highest BCUT2D eigenvalue weighted by molar-refractivity contribution is 7.87. The molecule has 0 fully saturated rings. The van der Waals surface area contributed by atoms with E-state index in [1.807, 2.05) is 0 Å². The second kappa shape index (κ2) is 5.45. The van der Waals surface area contributed by atoms with E-state index in [1.54, 1.807) is 4.72 Å². The molecule has 0 aromatic heterocycles. The Kier molecular flexibility index (Phi) is 4.62. The number of aliphatic hydroxyl groups excluding tert-OH is 1. The molecule has 0 saturated carbocycles. The van der Waals surface area contributed by atoms with Crippen molar-refractivity contribution >= 4 is 21.8 Å². The number of nitrogens with zero attached hydrogens (tertiary/aromatic N) is 1. The van der Waals surface area contributed by atoms with Crippen LogP contribution >= 0.6 is 11.6 Å². The van der Waals surface area contributed by atoms with Gasteiger partial charge in [0.25, 0.3) is 10.2 Å². The minimum absolute atomic E-state index is 0.422. The van der Waals surface area contributed by atoms with Gasteiger partial charge in [0.05, 0.1) is 5.02 Å². The standard InChI is InChI=1S/C9H11ClF2N2O3S/c1-14(2)18(16,17)13-9(15)5-3-6(10)8(12)4-7(5)11/h3-4,9,13,15H,1-2H3. The number of benzene rings is 1. The van der Waals surface area contributed by atoms with Crippen LogP contribution in [0, 0.1) is 11.6 Å². The molecule has 1 aromatic carbocycles. The summed E-state index contributed by atoms with van der Waals surface area (Å²) in [5.74, 6) is -2.11. The summed E-state index contributed by atoms with van der Waals surface area (Å²) in [6.45, 7) is 0. The fourth-order valence-corrected chi connectivity index (χ4v) is 1.85. The summed E-state index contributed by atoms with van der Waals surface area (Å²) in [6.07, 6.45) is -1.87. The zero-order chi connectivity index (χ0) is 14.1. The van der Waals surface area contributed by atoms with Gasteiger partial charge < -0.3 is 5.11 Å². The zero-order valence-electron chi connectivity index (χ0n) is 9.49. The Balaban J connectivity index is 3.06. The maximum absolute atomic E-state index is 13.4. The number of hydrogen-bond acceptors (Lipinski definition) is 3. The Morgan fingerprint density at radius 3 is 2.39 bits per heavy atom. The normalized spacial score (nSPS) is 13.9. The molecule has 1 atom stereocenters. The van der Waals surface area contributed by atoms with E-state index < -0.39 is 38.7 Å². The summed E-state index contributed by atoms with van der Waals surface area (Å²) in [7, 11) is -1.50. The quantitative estimate of drug-likeness (QED) is 0.644. The van der Waals surface area contributed by atoms with E-state index in [9.17, 15) is 22.3 Å². The van der Waals surface area contributed by atoms with Gasteiger partial charge in [0.2, 0.25) is 0 Å². The van der Waals surface area contributed by atoms with Gasteiger partial charge in [0.1, 0.15) is 17.9 Å². The molecule has 1 unspecified atom stereocenters. The van der Waals surface area contributed by atoms with Crippen molar-refractivity contribution in [2.24, 2.45) is 0 Å². The van der Waals surface area contributed by atoms with E-state index >= 15 is 0 Å². The van der Waals surface area contributed by atoms with Crippen LogP contribution in [0.15, 0.2) is 12.1 Å². The monoisotopic (exact) mass is 300 g/mol. The summed E-state index contributed by atoms with van der Waals surface area (Å²) in [4.78, 5) is 0. The lowest BCUT2D eigenvalue weighted by atomic mass is 10.2. The Labute approximate surface area is 108 Å². The van der Waals surface area contributed by atoms with Crippen LogP contribution in [0.2, 0.25) is 5.02 Å². The highest BCUT2D eigenvalue weighted by Crippen LogP contribution is 2.23. The van der Waals surface area contributed by atoms with Crippen molar-refractivity contribution in [3.05, 3.63) is 34.4 Å². The van der Waals surface area contributed by atoms with Crippen molar-refractivity contribution in [3.8, 4) is 0 Å². The lowest BCUT2D eigenvalue weighted by Crippen LogP contribution is -2.38. The highest BCUT2D eigenvalue weighted by Gasteiger charge is 2.22. The molecule has 1 aromatic rings. The molecule has 2 N–H and O–H groups in total. The minimum atomic E-state index is -3.96. The number of halogens is 3. The maximum Gasteiger partial charge on any atom is 0.281 e. The minimum Gasteiger partial charge on any atom is -0.373 e. The van der Waals surface area contributed by atoms with Gasteiger partial charge in [-0.25, -0.2) is 8.78 Å². The second-order valence-electron chi connectivity index (χ2n) is 3.60. The lowest BCUT2D eigenvalue weighted by molar-refractivity contribution is 0.159. The molecule has 0 heterocycles. The van der Waals surface area contributed by atoms with E-state index in [4.69, 9.17) is 11.6 Å². The molecule has 5 nitrogen and oxygen atoms in total. The summed E-state index contributed by atoms with van der Waals surface area (Å²) >= 11 is 5.42. The molecule has 1 rings (SSSR count). The topological polar surface area (TPSA) is 69.6 Å². The van der Waals surface area contributed by atoms with Crippen LogP contribution in [0.1, 0.15) is 11.8 Å². The molecular formula is C9H11ClF2N2O3S. The van der Waals surface area contributed by atoms with E-state index in [2.05, 4.69) is 0 Å². The first-order chi connectivity index (χ1) is 8.15. The van der Waals surface area contributed by atoms with Crippen LogP contribution in [0.4, 0.5) is 8.78 Å². The van der Waals surface area contributed by atoms with E-state index in [-0.39, 0.29) is 0 Å². The van der Waals surface area contributed by atoms with Crippen LogP contribution < -0.4 is 4.72 Å². The smallest absolute Gasteiger partial charge is 0.281 e. The molecule has 0 aliphatic heterocycles. The molecule has 102 valence electrons. The van der Waals surface area contributed by atoms with Crippen molar-refractivity contribution in [1.82, 2.24) is 9.03 Å². The van der Waals surface area contributed by atoms with Crippen LogP contribution in [0.5, 0.6) is 0 Å². The molecule has 0 spiro atoms. The van der Waals surface area contributed by atoms with Gasteiger partial charge in [-0.05, 0) is 6.07 Å². The van der Waals surface area contributed by atoms with Gasteiger partial charge in [-0.3, -0.25) is 0 Å². The third-order valence-electron chi connectivity index (χ3n) is 2.08. The molecular weight excluding hydrogens is 290 g/mol. The molecule has 0 aliphatic rings. The van der Waals surface area contributed by atoms with Gasteiger partial charge in [-0.15, -0.1) is 0 Å². The number of hydrogen-bond donors (Lipinski definition) is 2. The predicted molar refractivity (Wildman–Crippen MR) is 62.1 cm³/mol. The molecule has 0 amide bonds. The summed E-state index contributed by atoms with van der Waals surface area (Å²) in [5.41, 5.74) is -0.466. The number of aliphatic hydroxyl groups is 1. The van der Waals surface area contributed by atoms with Crippen molar-refractivity contribution in [3.63, 3.8) is 0 Å². The first-order valence-electron chi connectivity index (χ1n) is 4.67. The van der Waals surface area contributed by atoms with Crippen molar-refractivity contribution in [2.45, 2.75) is 6.23 Å². The van der Waals surface area contributed by atoms with Crippen molar-refractivity contribution < 1.29 is 22.3 Å². The van der Waals surface area contributed by atoms with Crippen molar-refractivity contribution in [2.75, 3.05) is 14.1 Å². The van der Waals surface area contributed by atoms with E-state index in [0.29, 0.717) is 6.07 Å². The highest BCUT2D eigenvalue weighted by atomic mass is 35.5. The van der Waals surface area contributed by atoms with Crippen LogP contribution in [-0.2, 0) is 10.2 Å². The molecule has 0 bridgehead atoms. The Morgan fingerprint density at radius 1 is 1.33 bits per heavy atom. The van der Waals surface area contributed by atoms with E-state index in [1.165, 1.54) is 14.1 Å². The largest absolute Gasteiger partial charge is 0.373 e. The van der Waals surface area contributed by atoms with Gasteiger partial charge in [0.15, 0.2) is 0 Å². The first-order valence-corrected chi connectivity index (χ1v) is 6.49. The first kappa shape index (κ1) is 15.3. The van der Waals surface area contributed by atoms with Crippen LogP contribution in [-0.4, -0.2) is 31.9 Å². The van der Waals surface area contributed by atoms with Crippen LogP contribution in [0.3, 0.4) is 0 Å². The molecule has 0 radical (unpaired) electrons. The molecule has 18 heavy (non-hydrogen) atoms. The lowest BCUT2D eigenvalue weighted by Gasteiger charge is -2.17. The van der Waals surface area contributed by atoms with Gasteiger partial charge >= 0.3 is 0 Å². The number of nitrogens with one attached hydrogen (secondary N) is 1. The molecule has 0 saturated heterocycles. The summed E-state index contributed by atoms with van der Waals surface area (Å²) in [5, 5.41) is 9.14. The Hall–Kier alpha value is -0.800. The fraction of sp³-hybridized carbons (Fsp3) is 0.333. The van der Waals surface area contributed by atoms with E-state index in [0.717, 1.165) is 10.4 Å². The molecule has 0 aliphatic carbocycles.